The molecule has 0 saturated carbocycles. The van der Waals surface area contributed by atoms with E-state index in [0.717, 1.165) is 5.56 Å². The first-order valence-electron chi connectivity index (χ1n) is 10.3. The van der Waals surface area contributed by atoms with Gasteiger partial charge in [0.1, 0.15) is 16.9 Å². The number of carbonyl (C=O) groups is 1. The molecule has 0 spiro atoms. The van der Waals surface area contributed by atoms with E-state index in [-0.39, 0.29) is 11.0 Å². The summed E-state index contributed by atoms with van der Waals surface area (Å²) in [5.74, 6) is -0.609. The maximum absolute atomic E-state index is 11.7. The molecule has 0 aromatic heterocycles. The molecule has 0 amide bonds. The molecular formula is C27H30O3. The third-order valence-electron chi connectivity index (χ3n) is 5.73. The second kappa shape index (κ2) is 8.35. The van der Waals surface area contributed by atoms with Crippen LogP contribution in [0.15, 0.2) is 72.8 Å². The van der Waals surface area contributed by atoms with Crippen LogP contribution < -0.4 is 4.74 Å². The number of hydrogen-bond acceptors (Lipinski definition) is 2. The van der Waals surface area contributed by atoms with Gasteiger partial charge in [0.15, 0.2) is 0 Å². The third kappa shape index (κ3) is 4.73. The Morgan fingerprint density at radius 2 is 1.30 bits per heavy atom. The molecule has 1 N–H and O–H groups in total. The first kappa shape index (κ1) is 21.6. The molecular weight excluding hydrogens is 372 g/mol. The van der Waals surface area contributed by atoms with E-state index < -0.39 is 11.6 Å². The first-order chi connectivity index (χ1) is 14.1. The highest BCUT2D eigenvalue weighted by atomic mass is 16.5. The number of hydrogen-bond donors (Lipinski definition) is 1. The third-order valence-corrected chi connectivity index (χ3v) is 5.73. The van der Waals surface area contributed by atoms with E-state index in [0.29, 0.717) is 12.2 Å². The summed E-state index contributed by atoms with van der Waals surface area (Å²) in [4.78, 5) is 11.7. The Hall–Kier alpha value is -3.07. The van der Waals surface area contributed by atoms with Crippen molar-refractivity contribution in [3.8, 4) is 5.75 Å². The maximum atomic E-state index is 11.7. The number of benzene rings is 3. The Morgan fingerprint density at radius 3 is 1.83 bits per heavy atom. The Balaban J connectivity index is 2.05. The highest BCUT2D eigenvalue weighted by Crippen LogP contribution is 2.41. The Labute approximate surface area is 179 Å². The van der Waals surface area contributed by atoms with Crippen molar-refractivity contribution in [3.05, 3.63) is 101 Å². The van der Waals surface area contributed by atoms with Crippen molar-refractivity contribution in [2.24, 2.45) is 0 Å². The van der Waals surface area contributed by atoms with Crippen LogP contribution in [0, 0.1) is 13.8 Å². The molecule has 3 aromatic carbocycles. The highest BCUT2D eigenvalue weighted by Gasteiger charge is 2.37. The minimum absolute atomic E-state index is 0.170. The second-order valence-corrected chi connectivity index (χ2v) is 8.93. The molecule has 1 unspecified atom stereocenters. The van der Waals surface area contributed by atoms with Gasteiger partial charge in [-0.3, -0.25) is 0 Å². The van der Waals surface area contributed by atoms with Gasteiger partial charge < -0.3 is 9.84 Å². The smallest absolute Gasteiger partial charge is 0.339 e. The van der Waals surface area contributed by atoms with Crippen molar-refractivity contribution in [1.82, 2.24) is 0 Å². The topological polar surface area (TPSA) is 46.5 Å². The molecule has 0 saturated heterocycles. The summed E-state index contributed by atoms with van der Waals surface area (Å²) >= 11 is 0. The second-order valence-electron chi connectivity index (χ2n) is 8.93. The average Bonchev–Trinajstić information content (AvgIpc) is 2.68. The Bertz CT molecular complexity index is 1020. The van der Waals surface area contributed by atoms with Gasteiger partial charge in [0.2, 0.25) is 0 Å². The quantitative estimate of drug-likeness (QED) is 0.480. The summed E-state index contributed by atoms with van der Waals surface area (Å²) in [7, 11) is 0. The van der Waals surface area contributed by atoms with Gasteiger partial charge in [-0.15, -0.1) is 0 Å². The molecule has 1 atom stereocenters. The summed E-state index contributed by atoms with van der Waals surface area (Å²) in [6.07, 6.45) is 0.681. The lowest BCUT2D eigenvalue weighted by Gasteiger charge is -2.39. The van der Waals surface area contributed by atoms with Crippen LogP contribution in [0.2, 0.25) is 0 Å². The maximum Gasteiger partial charge on any atom is 0.339 e. The van der Waals surface area contributed by atoms with Gasteiger partial charge in [-0.2, -0.15) is 0 Å². The molecule has 3 heteroatoms. The van der Waals surface area contributed by atoms with E-state index in [1.165, 1.54) is 16.7 Å². The number of rotatable bonds is 7. The number of para-hydroxylation sites is 1. The van der Waals surface area contributed by atoms with Crippen molar-refractivity contribution in [3.63, 3.8) is 0 Å². The zero-order chi connectivity index (χ0) is 21.9. The standard InChI is InChI=1S/C27H30O3/c1-19-10-14-21(15-11-19)26(3,4)18-27(5,22-16-12-20(2)13-17-22)30-24-9-7-6-8-23(24)25(28)29/h6-17H,18H2,1-5H3,(H,28,29). The van der Waals surface area contributed by atoms with Crippen LogP contribution >= 0.6 is 0 Å². The molecule has 3 nitrogen and oxygen atoms in total. The molecule has 0 heterocycles. The van der Waals surface area contributed by atoms with Crippen LogP contribution in [-0.4, -0.2) is 11.1 Å². The van der Waals surface area contributed by atoms with E-state index in [4.69, 9.17) is 4.74 Å². The zero-order valence-electron chi connectivity index (χ0n) is 18.4. The minimum atomic E-state index is -0.991. The Morgan fingerprint density at radius 1 is 0.800 bits per heavy atom. The van der Waals surface area contributed by atoms with Crippen LogP contribution in [0.4, 0.5) is 0 Å². The summed E-state index contributed by atoms with van der Waals surface area (Å²) < 4.78 is 6.52. The Kier molecular flexibility index (Phi) is 6.02. The highest BCUT2D eigenvalue weighted by molar-refractivity contribution is 5.90. The lowest BCUT2D eigenvalue weighted by molar-refractivity contribution is 0.0504. The number of carboxylic acid groups (broad SMARTS) is 1. The molecule has 0 fully saturated rings. The lowest BCUT2D eigenvalue weighted by Crippen LogP contribution is -2.37. The van der Waals surface area contributed by atoms with Crippen molar-refractivity contribution in [2.45, 2.75) is 52.1 Å². The predicted molar refractivity (Wildman–Crippen MR) is 121 cm³/mol. The van der Waals surface area contributed by atoms with Gasteiger partial charge in [-0.05, 0) is 49.4 Å². The fraction of sp³-hybridized carbons (Fsp3) is 0.296. The number of ether oxygens (including phenoxy) is 1. The lowest BCUT2D eigenvalue weighted by atomic mass is 9.73. The van der Waals surface area contributed by atoms with Crippen molar-refractivity contribution in [2.75, 3.05) is 0 Å². The van der Waals surface area contributed by atoms with Crippen LogP contribution in [0.1, 0.15) is 59.8 Å². The summed E-state index contributed by atoms with van der Waals surface area (Å²) in [6, 6.07) is 23.7. The predicted octanol–water partition coefficient (Wildman–Crippen LogP) is 6.66. The van der Waals surface area contributed by atoms with E-state index in [2.05, 4.69) is 76.2 Å². The summed E-state index contributed by atoms with van der Waals surface area (Å²) in [5, 5.41) is 9.63. The molecule has 0 bridgehead atoms. The molecule has 3 rings (SSSR count). The minimum Gasteiger partial charge on any atom is -0.482 e. The SMILES string of the molecule is Cc1ccc(C(C)(C)CC(C)(Oc2ccccc2C(=O)O)c2ccc(C)cc2)cc1. The van der Waals surface area contributed by atoms with Crippen LogP contribution in [0.3, 0.4) is 0 Å². The van der Waals surface area contributed by atoms with E-state index >= 15 is 0 Å². The molecule has 0 aliphatic rings. The number of aryl methyl sites for hydroxylation is 2. The summed E-state index contributed by atoms with van der Waals surface area (Å²) in [5.41, 5.74) is 3.91. The largest absolute Gasteiger partial charge is 0.482 e. The number of aromatic carboxylic acids is 1. The van der Waals surface area contributed by atoms with Crippen molar-refractivity contribution >= 4 is 5.97 Å². The van der Waals surface area contributed by atoms with Gasteiger partial charge in [-0.1, -0.05) is 85.6 Å². The molecule has 0 aliphatic carbocycles. The van der Waals surface area contributed by atoms with E-state index in [9.17, 15) is 9.90 Å². The van der Waals surface area contributed by atoms with Crippen LogP contribution in [-0.2, 0) is 11.0 Å². The van der Waals surface area contributed by atoms with E-state index in [1.54, 1.807) is 18.2 Å². The fourth-order valence-electron chi connectivity index (χ4n) is 4.03. The monoisotopic (exact) mass is 402 g/mol. The number of carboxylic acids is 1. The normalized spacial score (nSPS) is 13.5. The zero-order valence-corrected chi connectivity index (χ0v) is 18.4. The van der Waals surface area contributed by atoms with Crippen LogP contribution in [0.5, 0.6) is 5.75 Å². The fourth-order valence-corrected chi connectivity index (χ4v) is 4.03. The van der Waals surface area contributed by atoms with Gasteiger partial charge in [-0.25, -0.2) is 4.79 Å². The summed E-state index contributed by atoms with van der Waals surface area (Å²) in [6.45, 7) is 10.6. The average molecular weight is 403 g/mol. The first-order valence-corrected chi connectivity index (χ1v) is 10.3. The molecule has 0 radical (unpaired) electrons. The molecule has 156 valence electrons. The van der Waals surface area contributed by atoms with Crippen molar-refractivity contribution < 1.29 is 14.6 Å². The van der Waals surface area contributed by atoms with Gasteiger partial charge in [0.25, 0.3) is 0 Å². The van der Waals surface area contributed by atoms with Crippen LogP contribution in [0.25, 0.3) is 0 Å². The van der Waals surface area contributed by atoms with Crippen molar-refractivity contribution in [1.29, 1.82) is 0 Å². The van der Waals surface area contributed by atoms with E-state index in [1.807, 2.05) is 13.0 Å². The molecule has 3 aromatic rings. The van der Waals surface area contributed by atoms with Gasteiger partial charge in [0.05, 0.1) is 0 Å². The van der Waals surface area contributed by atoms with Gasteiger partial charge >= 0.3 is 5.97 Å². The van der Waals surface area contributed by atoms with Gasteiger partial charge in [0, 0.05) is 6.42 Å². The molecule has 30 heavy (non-hydrogen) atoms. The molecule has 0 aliphatic heterocycles.